The Balaban J connectivity index is 2.21. The molecule has 2 aromatic carbocycles. The van der Waals surface area contributed by atoms with Crippen LogP contribution < -0.4 is 5.32 Å². The molecule has 0 aliphatic carbocycles. The third-order valence-corrected chi connectivity index (χ3v) is 2.95. The van der Waals surface area contributed by atoms with Gasteiger partial charge in [-0.1, -0.05) is 48.5 Å². The highest BCUT2D eigenvalue weighted by Gasteiger charge is 2.24. The van der Waals surface area contributed by atoms with E-state index in [0.29, 0.717) is 11.4 Å². The summed E-state index contributed by atoms with van der Waals surface area (Å²) in [4.78, 5) is 15.5. The summed E-state index contributed by atoms with van der Waals surface area (Å²) in [5.41, 5.74) is 2.58. The molecular weight excluding hydrogens is 243 g/mol. The van der Waals surface area contributed by atoms with Gasteiger partial charge < -0.3 is 5.32 Å². The van der Waals surface area contributed by atoms with E-state index >= 15 is 0 Å². The number of carbonyl (C=O) groups is 1. The minimum absolute atomic E-state index is 0.488. The fraction of sp³-hybridized carbons (Fsp3) is 0.0667. The lowest BCUT2D eigenvalue weighted by Crippen LogP contribution is -2.21. The molecule has 94 valence electrons. The zero-order chi connectivity index (χ0) is 13.2. The number of aliphatic imine (C=N–C) groups is 1. The SMILES string of the molecule is O=C1Nc2ccccc2C(c2ccccc2)=NC1F. The number of benzodiazepines with no additional fused rings is 1. The molecule has 4 heteroatoms. The fourth-order valence-electron chi connectivity index (χ4n) is 2.06. The topological polar surface area (TPSA) is 41.5 Å². The van der Waals surface area contributed by atoms with Crippen molar-refractivity contribution in [3.05, 3.63) is 65.7 Å². The second-order valence-electron chi connectivity index (χ2n) is 4.21. The van der Waals surface area contributed by atoms with Crippen molar-refractivity contribution in [3.63, 3.8) is 0 Å². The molecule has 3 nitrogen and oxygen atoms in total. The maximum absolute atomic E-state index is 13.7. The average Bonchev–Trinajstić information content (AvgIpc) is 2.58. The number of rotatable bonds is 1. The Kier molecular flexibility index (Phi) is 2.83. The molecule has 0 aromatic heterocycles. The van der Waals surface area contributed by atoms with Crippen molar-refractivity contribution in [3.8, 4) is 0 Å². The molecule has 0 spiro atoms. The van der Waals surface area contributed by atoms with Gasteiger partial charge in [0.1, 0.15) is 0 Å². The van der Waals surface area contributed by atoms with Crippen molar-refractivity contribution in [2.75, 3.05) is 5.32 Å². The molecule has 0 radical (unpaired) electrons. The number of nitrogens with one attached hydrogen (secondary N) is 1. The van der Waals surface area contributed by atoms with Crippen molar-refractivity contribution in [1.29, 1.82) is 0 Å². The van der Waals surface area contributed by atoms with Crippen LogP contribution in [0.2, 0.25) is 0 Å². The molecule has 3 rings (SSSR count). The van der Waals surface area contributed by atoms with E-state index in [9.17, 15) is 9.18 Å². The molecule has 1 atom stereocenters. The second kappa shape index (κ2) is 4.65. The van der Waals surface area contributed by atoms with Gasteiger partial charge in [0.15, 0.2) is 0 Å². The van der Waals surface area contributed by atoms with Crippen LogP contribution in [-0.2, 0) is 4.79 Å². The first-order valence-corrected chi connectivity index (χ1v) is 5.93. The second-order valence-corrected chi connectivity index (χ2v) is 4.21. The van der Waals surface area contributed by atoms with Crippen LogP contribution in [0.25, 0.3) is 0 Å². The molecule has 19 heavy (non-hydrogen) atoms. The van der Waals surface area contributed by atoms with Gasteiger partial charge in [-0.25, -0.2) is 9.38 Å². The largest absolute Gasteiger partial charge is 0.321 e. The molecule has 1 unspecified atom stereocenters. The Morgan fingerprint density at radius 3 is 2.47 bits per heavy atom. The van der Waals surface area contributed by atoms with Gasteiger partial charge in [-0.2, -0.15) is 0 Å². The van der Waals surface area contributed by atoms with E-state index < -0.39 is 12.2 Å². The van der Waals surface area contributed by atoms with Crippen LogP contribution in [0.15, 0.2) is 59.6 Å². The molecule has 1 aliphatic rings. The molecule has 2 aromatic rings. The molecule has 1 amide bonds. The summed E-state index contributed by atoms with van der Waals surface area (Å²) in [5, 5.41) is 2.54. The smallest absolute Gasteiger partial charge is 0.281 e. The van der Waals surface area contributed by atoms with Crippen LogP contribution in [-0.4, -0.2) is 17.9 Å². The molecule has 0 fully saturated rings. The van der Waals surface area contributed by atoms with Crippen LogP contribution >= 0.6 is 0 Å². The summed E-state index contributed by atoms with van der Waals surface area (Å²) in [5.74, 6) is -0.738. The van der Waals surface area contributed by atoms with Gasteiger partial charge in [-0.05, 0) is 6.07 Å². The monoisotopic (exact) mass is 254 g/mol. The minimum atomic E-state index is -1.89. The number of benzene rings is 2. The predicted molar refractivity (Wildman–Crippen MR) is 72.0 cm³/mol. The Labute approximate surface area is 109 Å². The number of halogens is 1. The first kappa shape index (κ1) is 11.6. The number of hydrogen-bond acceptors (Lipinski definition) is 2. The minimum Gasteiger partial charge on any atom is -0.321 e. The zero-order valence-corrected chi connectivity index (χ0v) is 10.0. The Bertz CT molecular complexity index is 652. The van der Waals surface area contributed by atoms with Gasteiger partial charge in [0, 0.05) is 11.1 Å². The van der Waals surface area contributed by atoms with E-state index in [1.807, 2.05) is 42.5 Å². The van der Waals surface area contributed by atoms with Gasteiger partial charge in [-0.15, -0.1) is 0 Å². The van der Waals surface area contributed by atoms with E-state index in [2.05, 4.69) is 10.3 Å². The molecule has 0 bridgehead atoms. The summed E-state index contributed by atoms with van der Waals surface area (Å²) in [6.07, 6.45) is -1.89. The van der Waals surface area contributed by atoms with Crippen LogP contribution in [0, 0.1) is 0 Å². The highest BCUT2D eigenvalue weighted by Crippen LogP contribution is 2.24. The molecule has 1 aliphatic heterocycles. The molecule has 0 saturated carbocycles. The number of carbonyl (C=O) groups excluding carboxylic acids is 1. The Morgan fingerprint density at radius 2 is 1.68 bits per heavy atom. The van der Waals surface area contributed by atoms with Gasteiger partial charge in [0.2, 0.25) is 0 Å². The normalized spacial score (nSPS) is 18.1. The fourth-order valence-corrected chi connectivity index (χ4v) is 2.06. The van der Waals surface area contributed by atoms with Crippen LogP contribution in [0.1, 0.15) is 11.1 Å². The summed E-state index contributed by atoms with van der Waals surface area (Å²) in [6, 6.07) is 16.5. The van der Waals surface area contributed by atoms with Crippen LogP contribution in [0.5, 0.6) is 0 Å². The van der Waals surface area contributed by atoms with Crippen LogP contribution in [0.3, 0.4) is 0 Å². The molecule has 1 heterocycles. The van der Waals surface area contributed by atoms with Gasteiger partial charge >= 0.3 is 0 Å². The average molecular weight is 254 g/mol. The number of fused-ring (bicyclic) bond motifs is 1. The van der Waals surface area contributed by atoms with E-state index in [1.165, 1.54) is 0 Å². The maximum atomic E-state index is 13.7. The first-order chi connectivity index (χ1) is 9.25. The molecule has 1 N–H and O–H groups in total. The first-order valence-electron chi connectivity index (χ1n) is 5.93. The number of para-hydroxylation sites is 1. The van der Waals surface area contributed by atoms with Crippen molar-refractivity contribution < 1.29 is 9.18 Å². The van der Waals surface area contributed by atoms with Gasteiger partial charge in [-0.3, -0.25) is 4.79 Å². The predicted octanol–water partition coefficient (Wildman–Crippen LogP) is 2.77. The zero-order valence-electron chi connectivity index (χ0n) is 10.0. The van der Waals surface area contributed by atoms with Crippen LogP contribution in [0.4, 0.5) is 10.1 Å². The highest BCUT2D eigenvalue weighted by molar-refractivity contribution is 6.19. The van der Waals surface area contributed by atoms with Gasteiger partial charge in [0.05, 0.1) is 11.4 Å². The Hall–Kier alpha value is -2.49. The number of nitrogens with zero attached hydrogens (tertiary/aromatic N) is 1. The molecular formula is C15H11FN2O. The number of hydrogen-bond donors (Lipinski definition) is 1. The van der Waals surface area contributed by atoms with Crippen molar-refractivity contribution in [2.45, 2.75) is 6.30 Å². The third-order valence-electron chi connectivity index (χ3n) is 2.95. The maximum Gasteiger partial charge on any atom is 0.281 e. The summed E-state index contributed by atoms with van der Waals surface area (Å²) >= 11 is 0. The van der Waals surface area contributed by atoms with E-state index in [-0.39, 0.29) is 0 Å². The summed E-state index contributed by atoms with van der Waals surface area (Å²) < 4.78 is 13.7. The summed E-state index contributed by atoms with van der Waals surface area (Å²) in [6.45, 7) is 0. The lowest BCUT2D eigenvalue weighted by atomic mass is 10.0. The quantitative estimate of drug-likeness (QED) is 0.781. The lowest BCUT2D eigenvalue weighted by Gasteiger charge is -2.08. The van der Waals surface area contributed by atoms with E-state index in [4.69, 9.17) is 0 Å². The van der Waals surface area contributed by atoms with E-state index in [1.54, 1.807) is 12.1 Å². The number of anilines is 1. The van der Waals surface area contributed by atoms with Gasteiger partial charge in [0.25, 0.3) is 12.2 Å². The molecule has 0 saturated heterocycles. The van der Waals surface area contributed by atoms with E-state index in [0.717, 1.165) is 11.1 Å². The van der Waals surface area contributed by atoms with Crippen molar-refractivity contribution >= 4 is 17.3 Å². The van der Waals surface area contributed by atoms with Crippen molar-refractivity contribution in [2.24, 2.45) is 4.99 Å². The number of amides is 1. The standard InChI is InChI=1S/C15H11FN2O/c16-14-15(19)17-12-9-5-4-8-11(12)13(18-14)10-6-2-1-3-7-10/h1-9,14H,(H,17,19). The Morgan fingerprint density at radius 1 is 1.00 bits per heavy atom. The number of alkyl halides is 1. The highest BCUT2D eigenvalue weighted by atomic mass is 19.1. The third kappa shape index (κ3) is 2.12. The lowest BCUT2D eigenvalue weighted by molar-refractivity contribution is -0.120. The summed E-state index contributed by atoms with van der Waals surface area (Å²) in [7, 11) is 0. The van der Waals surface area contributed by atoms with Crippen molar-refractivity contribution in [1.82, 2.24) is 0 Å².